The van der Waals surface area contributed by atoms with E-state index in [1.165, 1.54) is 6.42 Å². The van der Waals surface area contributed by atoms with Crippen molar-refractivity contribution < 1.29 is 9.90 Å². The second kappa shape index (κ2) is 6.36. The fraction of sp³-hybridized carbons (Fsp3) is 0.923. The van der Waals surface area contributed by atoms with Crippen LogP contribution in [0, 0.1) is 11.8 Å². The predicted molar refractivity (Wildman–Crippen MR) is 69.1 cm³/mol. The summed E-state index contributed by atoms with van der Waals surface area (Å²) >= 11 is 0. The van der Waals surface area contributed by atoms with Crippen molar-refractivity contribution in [3.8, 4) is 0 Å². The SMILES string of the molecule is CC(C)NC(CCN(C)CC1CC1C)C(=O)O. The molecular weight excluding hydrogens is 216 g/mol. The van der Waals surface area contributed by atoms with E-state index in [9.17, 15) is 4.79 Å². The molecule has 4 heteroatoms. The van der Waals surface area contributed by atoms with Gasteiger partial charge >= 0.3 is 5.97 Å². The molecule has 0 radical (unpaired) electrons. The topological polar surface area (TPSA) is 52.6 Å². The number of nitrogens with zero attached hydrogens (tertiary/aromatic N) is 1. The molecule has 0 aromatic carbocycles. The van der Waals surface area contributed by atoms with Crippen molar-refractivity contribution in [3.63, 3.8) is 0 Å². The highest BCUT2D eigenvalue weighted by Crippen LogP contribution is 2.37. The summed E-state index contributed by atoms with van der Waals surface area (Å²) in [6.45, 7) is 8.19. The summed E-state index contributed by atoms with van der Waals surface area (Å²) < 4.78 is 0. The summed E-state index contributed by atoms with van der Waals surface area (Å²) in [5, 5.41) is 12.2. The van der Waals surface area contributed by atoms with Crippen LogP contribution in [0.4, 0.5) is 0 Å². The minimum absolute atomic E-state index is 0.213. The normalized spacial score (nSPS) is 25.3. The largest absolute Gasteiger partial charge is 0.480 e. The van der Waals surface area contributed by atoms with Crippen LogP contribution in [-0.4, -0.2) is 48.2 Å². The Morgan fingerprint density at radius 3 is 2.53 bits per heavy atom. The Labute approximate surface area is 104 Å². The quantitative estimate of drug-likeness (QED) is 0.676. The van der Waals surface area contributed by atoms with Gasteiger partial charge in [0, 0.05) is 12.6 Å². The standard InChI is InChI=1S/C13H26N2O2/c1-9(2)14-12(13(16)17)5-6-15(4)8-11-7-10(11)3/h9-12,14H,5-8H2,1-4H3,(H,16,17). The monoisotopic (exact) mass is 242 g/mol. The Kier molecular flexibility index (Phi) is 5.40. The number of rotatable bonds is 8. The molecule has 100 valence electrons. The van der Waals surface area contributed by atoms with Crippen molar-refractivity contribution in [2.75, 3.05) is 20.1 Å². The van der Waals surface area contributed by atoms with Crippen LogP contribution in [0.15, 0.2) is 0 Å². The van der Waals surface area contributed by atoms with E-state index in [0.717, 1.165) is 24.9 Å². The van der Waals surface area contributed by atoms with Crippen LogP contribution >= 0.6 is 0 Å². The molecule has 0 saturated heterocycles. The lowest BCUT2D eigenvalue weighted by Gasteiger charge is -2.21. The zero-order chi connectivity index (χ0) is 13.0. The van der Waals surface area contributed by atoms with Crippen molar-refractivity contribution in [2.24, 2.45) is 11.8 Å². The lowest BCUT2D eigenvalue weighted by atomic mass is 10.1. The average Bonchev–Trinajstić information content (AvgIpc) is 2.87. The maximum absolute atomic E-state index is 11.1. The van der Waals surface area contributed by atoms with E-state index in [-0.39, 0.29) is 6.04 Å². The van der Waals surface area contributed by atoms with E-state index in [2.05, 4.69) is 24.2 Å². The second-order valence-corrected chi connectivity index (χ2v) is 5.74. The van der Waals surface area contributed by atoms with Crippen LogP contribution in [0.5, 0.6) is 0 Å². The maximum Gasteiger partial charge on any atom is 0.320 e. The van der Waals surface area contributed by atoms with Gasteiger partial charge in [-0.05, 0) is 38.3 Å². The molecule has 0 aromatic heterocycles. The molecule has 1 fully saturated rings. The molecular formula is C13H26N2O2. The molecule has 0 aliphatic heterocycles. The zero-order valence-corrected chi connectivity index (χ0v) is 11.4. The first-order valence-corrected chi connectivity index (χ1v) is 6.57. The van der Waals surface area contributed by atoms with Gasteiger partial charge in [-0.25, -0.2) is 0 Å². The molecule has 4 nitrogen and oxygen atoms in total. The van der Waals surface area contributed by atoms with Crippen molar-refractivity contribution in [1.82, 2.24) is 10.2 Å². The summed E-state index contributed by atoms with van der Waals surface area (Å²) in [6, 6.07) is -0.209. The fourth-order valence-corrected chi connectivity index (χ4v) is 2.18. The van der Waals surface area contributed by atoms with Gasteiger partial charge in [-0.3, -0.25) is 4.79 Å². The average molecular weight is 242 g/mol. The third-order valence-electron chi connectivity index (χ3n) is 3.45. The molecule has 3 atom stereocenters. The third-order valence-corrected chi connectivity index (χ3v) is 3.45. The van der Waals surface area contributed by atoms with E-state index in [4.69, 9.17) is 5.11 Å². The molecule has 17 heavy (non-hydrogen) atoms. The van der Waals surface area contributed by atoms with Gasteiger partial charge < -0.3 is 15.3 Å². The lowest BCUT2D eigenvalue weighted by molar-refractivity contribution is -0.139. The summed E-state index contributed by atoms with van der Waals surface area (Å²) in [6.07, 6.45) is 2.00. The van der Waals surface area contributed by atoms with Crippen molar-refractivity contribution >= 4 is 5.97 Å². The van der Waals surface area contributed by atoms with E-state index < -0.39 is 12.0 Å². The van der Waals surface area contributed by atoms with Crippen molar-refractivity contribution in [2.45, 2.75) is 45.7 Å². The predicted octanol–water partition coefficient (Wildman–Crippen LogP) is 1.42. The minimum Gasteiger partial charge on any atom is -0.480 e. The molecule has 1 saturated carbocycles. The molecule has 0 heterocycles. The van der Waals surface area contributed by atoms with Crippen molar-refractivity contribution in [1.29, 1.82) is 0 Å². The Morgan fingerprint density at radius 1 is 1.53 bits per heavy atom. The lowest BCUT2D eigenvalue weighted by Crippen LogP contribution is -2.43. The van der Waals surface area contributed by atoms with Crippen LogP contribution in [0.25, 0.3) is 0 Å². The third kappa shape index (κ3) is 5.50. The summed E-state index contributed by atoms with van der Waals surface area (Å²) in [7, 11) is 2.08. The Morgan fingerprint density at radius 2 is 2.12 bits per heavy atom. The van der Waals surface area contributed by atoms with Crippen LogP contribution in [0.3, 0.4) is 0 Å². The number of hydrogen-bond acceptors (Lipinski definition) is 3. The molecule has 0 spiro atoms. The minimum atomic E-state index is -0.744. The zero-order valence-electron chi connectivity index (χ0n) is 11.4. The number of hydrogen-bond donors (Lipinski definition) is 2. The van der Waals surface area contributed by atoms with Crippen LogP contribution in [0.2, 0.25) is 0 Å². The maximum atomic E-state index is 11.1. The Balaban J connectivity index is 2.23. The van der Waals surface area contributed by atoms with E-state index >= 15 is 0 Å². The molecule has 3 unspecified atom stereocenters. The molecule has 1 aliphatic carbocycles. The van der Waals surface area contributed by atoms with Gasteiger partial charge in [0.2, 0.25) is 0 Å². The summed E-state index contributed by atoms with van der Waals surface area (Å²) in [5.41, 5.74) is 0. The van der Waals surface area contributed by atoms with Crippen LogP contribution in [0.1, 0.15) is 33.6 Å². The number of nitrogens with one attached hydrogen (secondary N) is 1. The molecule has 0 aromatic rings. The molecule has 0 amide bonds. The van der Waals surface area contributed by atoms with Gasteiger partial charge in [0.15, 0.2) is 0 Å². The first-order chi connectivity index (χ1) is 7.90. The van der Waals surface area contributed by atoms with Gasteiger partial charge in [-0.2, -0.15) is 0 Å². The van der Waals surface area contributed by atoms with Gasteiger partial charge in [-0.15, -0.1) is 0 Å². The Bertz CT molecular complexity index is 256. The van der Waals surface area contributed by atoms with Crippen molar-refractivity contribution in [3.05, 3.63) is 0 Å². The highest BCUT2D eigenvalue weighted by atomic mass is 16.4. The van der Waals surface area contributed by atoms with Gasteiger partial charge in [0.25, 0.3) is 0 Å². The first-order valence-electron chi connectivity index (χ1n) is 6.57. The molecule has 1 aliphatic rings. The second-order valence-electron chi connectivity index (χ2n) is 5.74. The molecule has 0 bridgehead atoms. The van der Waals surface area contributed by atoms with Gasteiger partial charge in [-0.1, -0.05) is 20.8 Å². The number of carbonyl (C=O) groups is 1. The highest BCUT2D eigenvalue weighted by Gasteiger charge is 2.33. The van der Waals surface area contributed by atoms with Crippen LogP contribution in [-0.2, 0) is 4.79 Å². The van der Waals surface area contributed by atoms with Gasteiger partial charge in [0.05, 0.1) is 0 Å². The highest BCUT2D eigenvalue weighted by molar-refractivity contribution is 5.73. The number of aliphatic carboxylic acids is 1. The van der Waals surface area contributed by atoms with E-state index in [0.29, 0.717) is 6.42 Å². The number of carboxylic acids is 1. The summed E-state index contributed by atoms with van der Waals surface area (Å²) in [4.78, 5) is 13.3. The van der Waals surface area contributed by atoms with Gasteiger partial charge in [0.1, 0.15) is 6.04 Å². The van der Waals surface area contributed by atoms with E-state index in [1.807, 2.05) is 13.8 Å². The van der Waals surface area contributed by atoms with Crippen LogP contribution < -0.4 is 5.32 Å². The molecule has 1 rings (SSSR count). The smallest absolute Gasteiger partial charge is 0.320 e. The van der Waals surface area contributed by atoms with E-state index in [1.54, 1.807) is 0 Å². The number of carboxylic acid groups (broad SMARTS) is 1. The Hall–Kier alpha value is -0.610. The first kappa shape index (κ1) is 14.5. The summed E-state index contributed by atoms with van der Waals surface area (Å²) in [5.74, 6) is 0.953. The fourth-order valence-electron chi connectivity index (χ4n) is 2.18. The molecule has 2 N–H and O–H groups in total.